The molecule has 0 aliphatic rings. The van der Waals surface area contributed by atoms with Gasteiger partial charge in [0, 0.05) is 0 Å². The van der Waals surface area contributed by atoms with Crippen molar-refractivity contribution >= 4 is 23.2 Å². The van der Waals surface area contributed by atoms with E-state index in [4.69, 9.17) is 17.3 Å². The summed E-state index contributed by atoms with van der Waals surface area (Å²) in [5.74, 6) is -0.368. The molecular formula is C15H15ClN2O2. The molecule has 0 saturated carbocycles. The summed E-state index contributed by atoms with van der Waals surface area (Å²) < 4.78 is 0. The van der Waals surface area contributed by atoms with Crippen molar-refractivity contribution in [2.45, 2.75) is 6.04 Å². The Balaban J connectivity index is 2.20. The van der Waals surface area contributed by atoms with Crippen LogP contribution in [0.5, 0.6) is 0 Å². The number of benzene rings is 2. The number of hydrogen-bond acceptors (Lipinski definition) is 3. The Morgan fingerprint density at radius 1 is 1.20 bits per heavy atom. The molecular weight excluding hydrogens is 276 g/mol. The quantitative estimate of drug-likeness (QED) is 0.757. The molecule has 0 saturated heterocycles. The van der Waals surface area contributed by atoms with Crippen molar-refractivity contribution in [3.63, 3.8) is 0 Å². The molecule has 0 bridgehead atoms. The van der Waals surface area contributed by atoms with Crippen molar-refractivity contribution in [3.05, 3.63) is 64.7 Å². The van der Waals surface area contributed by atoms with E-state index in [1.807, 2.05) is 30.3 Å². The summed E-state index contributed by atoms with van der Waals surface area (Å²) in [6, 6.07) is 13.6. The van der Waals surface area contributed by atoms with Gasteiger partial charge < -0.3 is 16.2 Å². The van der Waals surface area contributed by atoms with Crippen LogP contribution >= 0.6 is 11.6 Å². The zero-order valence-electron chi connectivity index (χ0n) is 10.7. The molecule has 1 atom stereocenters. The highest BCUT2D eigenvalue weighted by atomic mass is 35.5. The molecule has 104 valence electrons. The number of para-hydroxylation sites is 1. The number of aliphatic hydroxyl groups is 1. The van der Waals surface area contributed by atoms with Crippen molar-refractivity contribution in [2.24, 2.45) is 0 Å². The van der Waals surface area contributed by atoms with E-state index < -0.39 is 6.04 Å². The zero-order valence-corrected chi connectivity index (χ0v) is 11.5. The van der Waals surface area contributed by atoms with Gasteiger partial charge in [0.25, 0.3) is 5.91 Å². The Labute approximate surface area is 122 Å². The number of amides is 1. The monoisotopic (exact) mass is 290 g/mol. The minimum absolute atomic E-state index is 0.198. The molecule has 0 radical (unpaired) electrons. The van der Waals surface area contributed by atoms with Crippen molar-refractivity contribution in [2.75, 3.05) is 12.3 Å². The fourth-order valence-corrected chi connectivity index (χ4v) is 2.07. The number of nitrogens with one attached hydrogen (secondary N) is 1. The van der Waals surface area contributed by atoms with Gasteiger partial charge in [0.15, 0.2) is 0 Å². The highest BCUT2D eigenvalue weighted by Gasteiger charge is 2.17. The number of halogens is 1. The highest BCUT2D eigenvalue weighted by molar-refractivity contribution is 6.33. The SMILES string of the molecule is Nc1c(Cl)cccc1C(=O)NC(CO)c1ccccc1. The molecule has 1 unspecified atom stereocenters. The predicted molar refractivity (Wildman–Crippen MR) is 79.6 cm³/mol. The third kappa shape index (κ3) is 3.10. The molecule has 2 aromatic rings. The van der Waals surface area contributed by atoms with E-state index in [2.05, 4.69) is 5.32 Å². The number of nitrogens with two attached hydrogens (primary N) is 1. The predicted octanol–water partition coefficient (Wildman–Crippen LogP) is 2.39. The van der Waals surface area contributed by atoms with Gasteiger partial charge >= 0.3 is 0 Å². The van der Waals surface area contributed by atoms with Crippen molar-refractivity contribution in [1.82, 2.24) is 5.32 Å². The molecule has 5 heteroatoms. The highest BCUT2D eigenvalue weighted by Crippen LogP contribution is 2.23. The molecule has 4 N–H and O–H groups in total. The maximum atomic E-state index is 12.2. The molecule has 1 amide bonds. The molecule has 0 aliphatic carbocycles. The minimum atomic E-state index is -0.484. The molecule has 2 rings (SSSR count). The van der Waals surface area contributed by atoms with Crippen LogP contribution in [-0.4, -0.2) is 17.6 Å². The summed E-state index contributed by atoms with van der Waals surface area (Å²) in [5.41, 5.74) is 7.14. The van der Waals surface area contributed by atoms with Crippen LogP contribution in [0.15, 0.2) is 48.5 Å². The average Bonchev–Trinajstić information content (AvgIpc) is 2.48. The van der Waals surface area contributed by atoms with Gasteiger partial charge in [0.2, 0.25) is 0 Å². The molecule has 20 heavy (non-hydrogen) atoms. The Morgan fingerprint density at radius 2 is 1.90 bits per heavy atom. The molecule has 0 aliphatic heterocycles. The first kappa shape index (κ1) is 14.4. The third-order valence-corrected chi connectivity index (χ3v) is 3.32. The van der Waals surface area contributed by atoms with Crippen molar-refractivity contribution in [1.29, 1.82) is 0 Å². The Bertz CT molecular complexity index is 602. The number of anilines is 1. The average molecular weight is 291 g/mol. The topological polar surface area (TPSA) is 75.4 Å². The number of carbonyl (C=O) groups is 1. The summed E-state index contributed by atoms with van der Waals surface area (Å²) in [5, 5.41) is 12.5. The van der Waals surface area contributed by atoms with Gasteiger partial charge in [-0.25, -0.2) is 0 Å². The molecule has 0 fully saturated rings. The molecule has 4 nitrogen and oxygen atoms in total. The molecule has 0 heterocycles. The van der Waals surface area contributed by atoms with Gasteiger partial charge in [-0.2, -0.15) is 0 Å². The number of nitrogen functional groups attached to an aromatic ring is 1. The smallest absolute Gasteiger partial charge is 0.253 e. The largest absolute Gasteiger partial charge is 0.397 e. The van der Waals surface area contributed by atoms with Crippen LogP contribution in [-0.2, 0) is 0 Å². The number of carbonyl (C=O) groups excluding carboxylic acids is 1. The first-order valence-electron chi connectivity index (χ1n) is 6.14. The van der Waals surface area contributed by atoms with E-state index in [9.17, 15) is 9.90 Å². The van der Waals surface area contributed by atoms with Crippen molar-refractivity contribution in [3.8, 4) is 0 Å². The van der Waals surface area contributed by atoms with Gasteiger partial charge in [-0.05, 0) is 17.7 Å². The van der Waals surface area contributed by atoms with Gasteiger partial charge in [-0.15, -0.1) is 0 Å². The number of aliphatic hydroxyl groups excluding tert-OH is 1. The third-order valence-electron chi connectivity index (χ3n) is 2.99. The normalized spacial score (nSPS) is 11.9. The zero-order chi connectivity index (χ0) is 14.5. The maximum Gasteiger partial charge on any atom is 0.253 e. The summed E-state index contributed by atoms with van der Waals surface area (Å²) in [7, 11) is 0. The lowest BCUT2D eigenvalue weighted by atomic mass is 10.1. The van der Waals surface area contributed by atoms with E-state index in [0.717, 1.165) is 5.56 Å². The lowest BCUT2D eigenvalue weighted by molar-refractivity contribution is 0.0917. The Hall–Kier alpha value is -2.04. The summed E-state index contributed by atoms with van der Waals surface area (Å²) in [4.78, 5) is 12.2. The van der Waals surface area contributed by atoms with Crippen molar-refractivity contribution < 1.29 is 9.90 Å². The van der Waals surface area contributed by atoms with Gasteiger partial charge in [0.1, 0.15) is 0 Å². The van der Waals surface area contributed by atoms with Crippen LogP contribution in [0, 0.1) is 0 Å². The van der Waals surface area contributed by atoms with Gasteiger partial charge in [0.05, 0.1) is 28.9 Å². The second kappa shape index (κ2) is 6.41. The summed E-state index contributed by atoms with van der Waals surface area (Å²) in [6.45, 7) is -0.198. The fourth-order valence-electron chi connectivity index (χ4n) is 1.89. The lowest BCUT2D eigenvalue weighted by Crippen LogP contribution is -2.31. The van der Waals surface area contributed by atoms with E-state index in [0.29, 0.717) is 10.6 Å². The number of hydrogen-bond donors (Lipinski definition) is 3. The van der Waals surface area contributed by atoms with E-state index >= 15 is 0 Å². The molecule has 0 aromatic heterocycles. The minimum Gasteiger partial charge on any atom is -0.397 e. The van der Waals surface area contributed by atoms with Gasteiger partial charge in [-0.3, -0.25) is 4.79 Å². The Morgan fingerprint density at radius 3 is 2.55 bits per heavy atom. The summed E-state index contributed by atoms with van der Waals surface area (Å²) in [6.07, 6.45) is 0. The molecule has 0 spiro atoms. The fraction of sp³-hybridized carbons (Fsp3) is 0.133. The van der Waals surface area contributed by atoms with Crippen LogP contribution in [0.3, 0.4) is 0 Å². The van der Waals surface area contributed by atoms with Crippen LogP contribution in [0.25, 0.3) is 0 Å². The van der Waals surface area contributed by atoms with Crippen LogP contribution in [0.4, 0.5) is 5.69 Å². The van der Waals surface area contributed by atoms with E-state index in [1.54, 1.807) is 18.2 Å². The van der Waals surface area contributed by atoms with Crippen LogP contribution in [0.1, 0.15) is 22.0 Å². The summed E-state index contributed by atoms with van der Waals surface area (Å²) >= 11 is 5.89. The van der Waals surface area contributed by atoms with Crippen LogP contribution < -0.4 is 11.1 Å². The first-order chi connectivity index (χ1) is 9.63. The standard InChI is InChI=1S/C15H15ClN2O2/c16-12-8-4-7-11(14(12)17)15(20)18-13(9-19)10-5-2-1-3-6-10/h1-8,13,19H,9,17H2,(H,18,20). The lowest BCUT2D eigenvalue weighted by Gasteiger charge is -2.17. The van der Waals surface area contributed by atoms with Gasteiger partial charge in [-0.1, -0.05) is 48.0 Å². The van der Waals surface area contributed by atoms with E-state index in [-0.39, 0.29) is 18.2 Å². The first-order valence-corrected chi connectivity index (χ1v) is 6.52. The second-order valence-corrected chi connectivity index (χ2v) is 4.73. The Kier molecular flexibility index (Phi) is 4.61. The second-order valence-electron chi connectivity index (χ2n) is 4.32. The number of rotatable bonds is 4. The molecule has 2 aromatic carbocycles. The van der Waals surface area contributed by atoms with Crippen LogP contribution in [0.2, 0.25) is 5.02 Å². The maximum absolute atomic E-state index is 12.2. The van der Waals surface area contributed by atoms with E-state index in [1.165, 1.54) is 0 Å².